The first-order valence-corrected chi connectivity index (χ1v) is 8.23. The van der Waals surface area contributed by atoms with Gasteiger partial charge >= 0.3 is 0 Å². The molecular formula is C21H24O2. The maximum absolute atomic E-state index is 10.5. The van der Waals surface area contributed by atoms with E-state index in [2.05, 4.69) is 44.7 Å². The number of phenols is 1. The SMILES string of the molecule is C=C1c2c(O)cc(CC)cc2CCC1c1ccc(C)cc1OC. The molecule has 1 N–H and O–H groups in total. The van der Waals surface area contributed by atoms with Crippen LogP contribution in [0.2, 0.25) is 0 Å². The van der Waals surface area contributed by atoms with Crippen LogP contribution >= 0.6 is 0 Å². The standard InChI is InChI=1S/C21H24O2/c1-5-15-11-16-7-9-17(14(3)21(16)19(22)12-15)18-8-6-13(2)10-20(18)23-4/h6,8,10-12,17,22H,3,5,7,9H2,1-2,4H3. The summed E-state index contributed by atoms with van der Waals surface area (Å²) in [6, 6.07) is 10.4. The molecule has 2 nitrogen and oxygen atoms in total. The predicted molar refractivity (Wildman–Crippen MR) is 95.3 cm³/mol. The lowest BCUT2D eigenvalue weighted by atomic mass is 9.75. The Morgan fingerprint density at radius 2 is 2.04 bits per heavy atom. The third kappa shape index (κ3) is 2.74. The van der Waals surface area contributed by atoms with E-state index in [9.17, 15) is 5.11 Å². The van der Waals surface area contributed by atoms with Crippen LogP contribution in [0, 0.1) is 6.92 Å². The summed E-state index contributed by atoms with van der Waals surface area (Å²) >= 11 is 0. The zero-order valence-electron chi connectivity index (χ0n) is 14.1. The van der Waals surface area contributed by atoms with Gasteiger partial charge < -0.3 is 9.84 Å². The van der Waals surface area contributed by atoms with Gasteiger partial charge in [-0.2, -0.15) is 0 Å². The first-order chi connectivity index (χ1) is 11.0. The topological polar surface area (TPSA) is 29.5 Å². The van der Waals surface area contributed by atoms with Gasteiger partial charge in [0.15, 0.2) is 0 Å². The Kier molecular flexibility index (Phi) is 4.16. The second-order valence-electron chi connectivity index (χ2n) is 6.36. The van der Waals surface area contributed by atoms with E-state index >= 15 is 0 Å². The molecule has 0 bridgehead atoms. The van der Waals surface area contributed by atoms with Crippen molar-refractivity contribution in [1.82, 2.24) is 0 Å². The van der Waals surface area contributed by atoms with Crippen molar-refractivity contribution in [3.63, 3.8) is 0 Å². The van der Waals surface area contributed by atoms with E-state index in [0.29, 0.717) is 5.75 Å². The summed E-state index contributed by atoms with van der Waals surface area (Å²) in [6.45, 7) is 8.49. The highest BCUT2D eigenvalue weighted by Crippen LogP contribution is 2.47. The van der Waals surface area contributed by atoms with Gasteiger partial charge in [-0.3, -0.25) is 0 Å². The molecule has 0 aromatic heterocycles. The number of hydrogen-bond acceptors (Lipinski definition) is 2. The molecular weight excluding hydrogens is 284 g/mol. The van der Waals surface area contributed by atoms with Crippen molar-refractivity contribution in [2.24, 2.45) is 0 Å². The van der Waals surface area contributed by atoms with Crippen molar-refractivity contribution in [3.05, 3.63) is 64.7 Å². The van der Waals surface area contributed by atoms with Gasteiger partial charge in [-0.1, -0.05) is 31.7 Å². The molecule has 0 spiro atoms. The summed E-state index contributed by atoms with van der Waals surface area (Å²) in [7, 11) is 1.71. The summed E-state index contributed by atoms with van der Waals surface area (Å²) in [6.07, 6.45) is 2.89. The molecule has 1 aliphatic carbocycles. The van der Waals surface area contributed by atoms with E-state index in [1.807, 2.05) is 6.07 Å². The van der Waals surface area contributed by atoms with Gasteiger partial charge in [0.05, 0.1) is 7.11 Å². The number of hydrogen-bond donors (Lipinski definition) is 1. The first kappa shape index (κ1) is 15.7. The Morgan fingerprint density at radius 1 is 1.26 bits per heavy atom. The number of aryl methyl sites for hydroxylation is 3. The maximum Gasteiger partial charge on any atom is 0.123 e. The van der Waals surface area contributed by atoms with Crippen LogP contribution in [-0.4, -0.2) is 12.2 Å². The Bertz CT molecular complexity index is 759. The van der Waals surface area contributed by atoms with Crippen LogP contribution in [0.3, 0.4) is 0 Å². The van der Waals surface area contributed by atoms with E-state index in [-0.39, 0.29) is 5.92 Å². The average Bonchev–Trinajstić information content (AvgIpc) is 2.55. The number of phenolic OH excluding ortho intramolecular Hbond substituents is 1. The van der Waals surface area contributed by atoms with Crippen LogP contribution in [0.25, 0.3) is 5.57 Å². The number of aromatic hydroxyl groups is 1. The van der Waals surface area contributed by atoms with Crippen molar-refractivity contribution in [3.8, 4) is 11.5 Å². The summed E-state index contributed by atoms with van der Waals surface area (Å²) in [5.74, 6) is 1.46. The molecule has 0 saturated carbocycles. The van der Waals surface area contributed by atoms with Gasteiger partial charge in [-0.25, -0.2) is 0 Å². The number of rotatable bonds is 3. The van der Waals surface area contributed by atoms with Crippen molar-refractivity contribution < 1.29 is 9.84 Å². The quantitative estimate of drug-likeness (QED) is 0.863. The molecule has 0 saturated heterocycles. The molecule has 3 rings (SSSR count). The van der Waals surface area contributed by atoms with Gasteiger partial charge in [0.1, 0.15) is 11.5 Å². The normalized spacial score (nSPS) is 17.0. The van der Waals surface area contributed by atoms with Crippen LogP contribution in [0.5, 0.6) is 11.5 Å². The third-order valence-electron chi connectivity index (χ3n) is 4.88. The van der Waals surface area contributed by atoms with Crippen molar-refractivity contribution in [2.45, 2.75) is 39.0 Å². The summed E-state index contributed by atoms with van der Waals surface area (Å²) in [5.41, 5.74) is 6.67. The van der Waals surface area contributed by atoms with Crippen LogP contribution in [0.1, 0.15) is 47.1 Å². The van der Waals surface area contributed by atoms with Crippen molar-refractivity contribution in [2.75, 3.05) is 7.11 Å². The molecule has 23 heavy (non-hydrogen) atoms. The molecule has 0 fully saturated rings. The van der Waals surface area contributed by atoms with E-state index in [4.69, 9.17) is 4.74 Å². The van der Waals surface area contributed by atoms with Gasteiger partial charge in [-0.05, 0) is 60.6 Å². The minimum absolute atomic E-state index is 0.191. The predicted octanol–water partition coefficient (Wildman–Crippen LogP) is 5.01. The number of fused-ring (bicyclic) bond motifs is 1. The van der Waals surface area contributed by atoms with Gasteiger partial charge in [0, 0.05) is 17.0 Å². The molecule has 0 aliphatic heterocycles. The summed E-state index contributed by atoms with van der Waals surface area (Å²) in [4.78, 5) is 0. The average molecular weight is 308 g/mol. The van der Waals surface area contributed by atoms with Gasteiger partial charge in [-0.15, -0.1) is 0 Å². The van der Waals surface area contributed by atoms with Crippen molar-refractivity contribution >= 4 is 5.57 Å². The highest BCUT2D eigenvalue weighted by atomic mass is 16.5. The van der Waals surface area contributed by atoms with Gasteiger partial charge in [0.25, 0.3) is 0 Å². The first-order valence-electron chi connectivity index (χ1n) is 8.23. The summed E-state index contributed by atoms with van der Waals surface area (Å²) in [5, 5.41) is 10.5. The lowest BCUT2D eigenvalue weighted by Crippen LogP contribution is -2.13. The zero-order chi connectivity index (χ0) is 16.6. The van der Waals surface area contributed by atoms with Crippen LogP contribution in [-0.2, 0) is 12.8 Å². The molecule has 1 unspecified atom stereocenters. The second kappa shape index (κ2) is 6.11. The Hall–Kier alpha value is -2.22. The number of benzene rings is 2. The number of allylic oxidation sites excluding steroid dienone is 1. The van der Waals surface area contributed by atoms with Crippen LogP contribution < -0.4 is 4.74 Å². The lowest BCUT2D eigenvalue weighted by molar-refractivity contribution is 0.406. The highest BCUT2D eigenvalue weighted by Gasteiger charge is 2.28. The molecule has 0 heterocycles. The summed E-state index contributed by atoms with van der Waals surface area (Å²) < 4.78 is 5.58. The Balaban J connectivity index is 2.05. The molecule has 2 heteroatoms. The monoisotopic (exact) mass is 308 g/mol. The zero-order valence-corrected chi connectivity index (χ0v) is 14.1. The van der Waals surface area contributed by atoms with E-state index in [1.165, 1.54) is 16.7 Å². The van der Waals surface area contributed by atoms with E-state index < -0.39 is 0 Å². The fourth-order valence-corrected chi connectivity index (χ4v) is 3.62. The molecule has 1 atom stereocenters. The highest BCUT2D eigenvalue weighted by molar-refractivity contribution is 5.78. The molecule has 0 amide bonds. The molecule has 0 radical (unpaired) electrons. The minimum Gasteiger partial charge on any atom is -0.507 e. The third-order valence-corrected chi connectivity index (χ3v) is 4.88. The fraction of sp³-hybridized carbons (Fsp3) is 0.333. The molecule has 120 valence electrons. The lowest BCUT2D eigenvalue weighted by Gasteiger charge is -2.29. The van der Waals surface area contributed by atoms with Gasteiger partial charge in [0.2, 0.25) is 0 Å². The van der Waals surface area contributed by atoms with Crippen LogP contribution in [0.4, 0.5) is 0 Å². The van der Waals surface area contributed by atoms with Crippen LogP contribution in [0.15, 0.2) is 36.9 Å². The Labute approximate surface area is 138 Å². The van der Waals surface area contributed by atoms with E-state index in [0.717, 1.165) is 41.7 Å². The Morgan fingerprint density at radius 3 is 2.74 bits per heavy atom. The fourth-order valence-electron chi connectivity index (χ4n) is 3.62. The minimum atomic E-state index is 0.191. The maximum atomic E-state index is 10.5. The number of ether oxygens (including phenoxy) is 1. The molecule has 2 aromatic rings. The number of methoxy groups -OCH3 is 1. The molecule has 1 aliphatic rings. The smallest absolute Gasteiger partial charge is 0.123 e. The second-order valence-corrected chi connectivity index (χ2v) is 6.36. The van der Waals surface area contributed by atoms with Crippen molar-refractivity contribution in [1.29, 1.82) is 0 Å². The largest absolute Gasteiger partial charge is 0.507 e. The molecule has 2 aromatic carbocycles. The van der Waals surface area contributed by atoms with E-state index in [1.54, 1.807) is 7.11 Å².